The van der Waals surface area contributed by atoms with Crippen molar-refractivity contribution in [2.45, 2.75) is 51.4 Å². The first-order chi connectivity index (χ1) is 16.3. The average molecular weight is 461 g/mol. The van der Waals surface area contributed by atoms with E-state index in [0.717, 1.165) is 38.0 Å². The quantitative estimate of drug-likeness (QED) is 0.408. The van der Waals surface area contributed by atoms with E-state index in [-0.39, 0.29) is 11.9 Å². The maximum Gasteiger partial charge on any atom is 0.255 e. The van der Waals surface area contributed by atoms with Gasteiger partial charge in [0.2, 0.25) is 0 Å². The Hall–Kier alpha value is -3.52. The molecular weight excluding hydrogens is 431 g/mol. The van der Waals surface area contributed by atoms with Crippen LogP contribution in [0.5, 0.6) is 0 Å². The molecule has 4 N–H and O–H groups in total. The van der Waals surface area contributed by atoms with E-state index < -0.39 is 5.67 Å². The van der Waals surface area contributed by atoms with Gasteiger partial charge in [0.05, 0.1) is 11.3 Å². The van der Waals surface area contributed by atoms with Crippen molar-refractivity contribution >= 4 is 29.0 Å². The molecule has 1 aliphatic carbocycles. The van der Waals surface area contributed by atoms with Crippen LogP contribution < -0.4 is 21.3 Å². The molecule has 176 valence electrons. The number of hydrogen-bond acceptors (Lipinski definition) is 6. The third-order valence-corrected chi connectivity index (χ3v) is 6.02. The van der Waals surface area contributed by atoms with E-state index in [1.165, 1.54) is 25.0 Å². The maximum absolute atomic E-state index is 14.4. The molecule has 1 aromatic carbocycles. The van der Waals surface area contributed by atoms with Gasteiger partial charge >= 0.3 is 0 Å². The number of anilines is 4. The van der Waals surface area contributed by atoms with E-state index in [1.807, 2.05) is 6.07 Å². The van der Waals surface area contributed by atoms with Crippen molar-refractivity contribution in [2.75, 3.05) is 17.2 Å². The van der Waals surface area contributed by atoms with Crippen LogP contribution in [0.4, 0.5) is 27.5 Å². The van der Waals surface area contributed by atoms with Gasteiger partial charge in [-0.3, -0.25) is 4.79 Å². The minimum atomic E-state index is -1.58. The molecule has 1 aliphatic heterocycles. The van der Waals surface area contributed by atoms with Crippen LogP contribution in [-0.2, 0) is 18.6 Å². The molecule has 1 fully saturated rings. The SMILES string of the molecule is CC(C)(F)c1cccc(Nc2nc(Nc3ccc4c(c3)CNCC4)ccc2C(=O)NC2CC2)n1. The van der Waals surface area contributed by atoms with Crippen LogP contribution in [-0.4, -0.2) is 28.5 Å². The predicted molar refractivity (Wildman–Crippen MR) is 132 cm³/mol. The zero-order valence-electron chi connectivity index (χ0n) is 19.4. The molecule has 2 aliphatic rings. The van der Waals surface area contributed by atoms with Gasteiger partial charge in [0.1, 0.15) is 23.1 Å². The molecule has 0 spiro atoms. The molecule has 8 heteroatoms. The lowest BCUT2D eigenvalue weighted by molar-refractivity contribution is 0.0951. The summed E-state index contributed by atoms with van der Waals surface area (Å²) in [6.07, 6.45) is 3.00. The summed E-state index contributed by atoms with van der Waals surface area (Å²) in [7, 11) is 0. The Morgan fingerprint density at radius 2 is 1.85 bits per heavy atom. The first kappa shape index (κ1) is 22.3. The van der Waals surface area contributed by atoms with Crippen LogP contribution in [0, 0.1) is 0 Å². The first-order valence-corrected chi connectivity index (χ1v) is 11.7. The Kier molecular flexibility index (Phi) is 5.91. The van der Waals surface area contributed by atoms with Crippen molar-refractivity contribution in [2.24, 2.45) is 0 Å². The summed E-state index contributed by atoms with van der Waals surface area (Å²) in [5.74, 6) is 1.19. The molecule has 0 radical (unpaired) electrons. The minimum absolute atomic E-state index is 0.189. The fourth-order valence-corrected chi connectivity index (χ4v) is 3.96. The lowest BCUT2D eigenvalue weighted by atomic mass is 10.0. The van der Waals surface area contributed by atoms with Crippen molar-refractivity contribution in [1.29, 1.82) is 0 Å². The zero-order chi connectivity index (χ0) is 23.7. The Morgan fingerprint density at radius 1 is 1.03 bits per heavy atom. The average Bonchev–Trinajstić information content (AvgIpc) is 3.63. The predicted octanol–water partition coefficient (Wildman–Crippen LogP) is 4.71. The number of pyridine rings is 2. The second-order valence-corrected chi connectivity index (χ2v) is 9.38. The lowest BCUT2D eigenvalue weighted by Gasteiger charge is -2.19. The number of fused-ring (bicyclic) bond motifs is 1. The number of nitrogens with one attached hydrogen (secondary N) is 4. The second kappa shape index (κ2) is 9.02. The summed E-state index contributed by atoms with van der Waals surface area (Å²) >= 11 is 0. The number of carbonyl (C=O) groups is 1. The minimum Gasteiger partial charge on any atom is -0.349 e. The van der Waals surface area contributed by atoms with E-state index in [2.05, 4.69) is 43.4 Å². The molecule has 0 bridgehead atoms. The van der Waals surface area contributed by atoms with Crippen molar-refractivity contribution in [3.8, 4) is 0 Å². The second-order valence-electron chi connectivity index (χ2n) is 9.38. The van der Waals surface area contributed by atoms with Crippen molar-refractivity contribution in [3.05, 3.63) is 70.9 Å². The van der Waals surface area contributed by atoms with Gasteiger partial charge in [-0.25, -0.2) is 14.4 Å². The van der Waals surface area contributed by atoms with Gasteiger partial charge in [-0.05, 0) is 87.2 Å². The van der Waals surface area contributed by atoms with E-state index in [1.54, 1.807) is 30.3 Å². The Labute approximate surface area is 198 Å². The molecule has 5 rings (SSSR count). The molecule has 1 amide bonds. The fraction of sp³-hybridized carbons (Fsp3) is 0.346. The number of rotatable bonds is 7. The topological polar surface area (TPSA) is 91.0 Å². The van der Waals surface area contributed by atoms with Crippen molar-refractivity contribution in [3.63, 3.8) is 0 Å². The highest BCUT2D eigenvalue weighted by atomic mass is 19.1. The summed E-state index contributed by atoms with van der Waals surface area (Å²) < 4.78 is 14.4. The number of nitrogens with zero attached hydrogens (tertiary/aromatic N) is 2. The fourth-order valence-electron chi connectivity index (χ4n) is 3.96. The monoisotopic (exact) mass is 460 g/mol. The molecule has 1 saturated carbocycles. The standard InChI is InChI=1S/C26H29FN6O/c1-26(2,27)21-4-3-5-22(31-21)32-24-20(25(34)30-18-8-9-18)10-11-23(33-24)29-19-7-6-16-12-13-28-15-17(16)14-19/h3-7,10-11,14,18,28H,8-9,12-13,15H2,1-2H3,(H,30,34)(H2,29,31,32,33). The number of halogens is 1. The van der Waals surface area contributed by atoms with Gasteiger partial charge in [-0.2, -0.15) is 0 Å². The summed E-state index contributed by atoms with van der Waals surface area (Å²) in [6, 6.07) is 15.2. The van der Waals surface area contributed by atoms with Crippen LogP contribution in [0.2, 0.25) is 0 Å². The third-order valence-electron chi connectivity index (χ3n) is 6.02. The molecule has 34 heavy (non-hydrogen) atoms. The molecule has 0 atom stereocenters. The van der Waals surface area contributed by atoms with Gasteiger partial charge < -0.3 is 21.3 Å². The summed E-state index contributed by atoms with van der Waals surface area (Å²) in [6.45, 7) is 4.77. The smallest absolute Gasteiger partial charge is 0.255 e. The molecule has 0 unspecified atom stereocenters. The van der Waals surface area contributed by atoms with Gasteiger partial charge in [0.15, 0.2) is 0 Å². The number of aromatic nitrogens is 2. The Bertz CT molecular complexity index is 1220. The largest absolute Gasteiger partial charge is 0.349 e. The highest BCUT2D eigenvalue weighted by molar-refractivity contribution is 6.00. The number of hydrogen-bond donors (Lipinski definition) is 4. The van der Waals surface area contributed by atoms with Crippen molar-refractivity contribution in [1.82, 2.24) is 20.6 Å². The highest BCUT2D eigenvalue weighted by Crippen LogP contribution is 2.28. The normalized spacial score (nSPS) is 15.4. The van der Waals surface area contributed by atoms with Gasteiger partial charge in [0.25, 0.3) is 5.91 Å². The van der Waals surface area contributed by atoms with E-state index in [9.17, 15) is 9.18 Å². The number of benzene rings is 1. The molecule has 7 nitrogen and oxygen atoms in total. The maximum atomic E-state index is 14.4. The van der Waals surface area contributed by atoms with Gasteiger partial charge in [-0.1, -0.05) is 12.1 Å². The van der Waals surface area contributed by atoms with Crippen LogP contribution in [0.25, 0.3) is 0 Å². The van der Waals surface area contributed by atoms with Gasteiger partial charge in [-0.15, -0.1) is 0 Å². The molecule has 3 heterocycles. The number of amides is 1. The van der Waals surface area contributed by atoms with Crippen molar-refractivity contribution < 1.29 is 9.18 Å². The number of alkyl halides is 1. The van der Waals surface area contributed by atoms with Gasteiger partial charge in [0, 0.05) is 18.3 Å². The Balaban J connectivity index is 1.44. The Morgan fingerprint density at radius 3 is 2.65 bits per heavy atom. The number of carbonyl (C=O) groups excluding carboxylic acids is 1. The first-order valence-electron chi connectivity index (χ1n) is 11.7. The van der Waals surface area contributed by atoms with Crippen LogP contribution in [0.15, 0.2) is 48.5 Å². The van der Waals surface area contributed by atoms with Crippen LogP contribution in [0.3, 0.4) is 0 Å². The summed E-state index contributed by atoms with van der Waals surface area (Å²) in [5.41, 5.74) is 2.69. The molecule has 2 aromatic heterocycles. The van der Waals surface area contributed by atoms with Crippen LogP contribution in [0.1, 0.15) is 53.9 Å². The van der Waals surface area contributed by atoms with E-state index in [4.69, 9.17) is 0 Å². The molecule has 0 saturated heterocycles. The third kappa shape index (κ3) is 5.17. The zero-order valence-corrected chi connectivity index (χ0v) is 19.4. The van der Waals surface area contributed by atoms with Crippen LogP contribution >= 0.6 is 0 Å². The summed E-state index contributed by atoms with van der Waals surface area (Å²) in [5, 5.41) is 12.9. The summed E-state index contributed by atoms with van der Waals surface area (Å²) in [4.78, 5) is 21.9. The highest BCUT2D eigenvalue weighted by Gasteiger charge is 2.26. The van der Waals surface area contributed by atoms with E-state index in [0.29, 0.717) is 28.7 Å². The molecule has 3 aromatic rings. The lowest BCUT2D eigenvalue weighted by Crippen LogP contribution is -2.26. The van der Waals surface area contributed by atoms with E-state index >= 15 is 0 Å². The molecular formula is C26H29FN6O.